The fourth-order valence-corrected chi connectivity index (χ4v) is 1.81. The summed E-state index contributed by atoms with van der Waals surface area (Å²) in [6.45, 7) is 1.42. The molecule has 5 nitrogen and oxygen atoms in total. The first-order valence-electron chi connectivity index (χ1n) is 6.55. The number of hydrogen-bond acceptors (Lipinski definition) is 4. The Bertz CT molecular complexity index is 579. The summed E-state index contributed by atoms with van der Waals surface area (Å²) in [7, 11) is 3.93. The number of pyridine rings is 1. The number of carbonyl (C=O) groups excluding carboxylic acids is 1. The molecule has 0 radical (unpaired) electrons. The molecular formula is C15H19N3O2. The zero-order chi connectivity index (χ0) is 14.4. The van der Waals surface area contributed by atoms with Gasteiger partial charge in [-0.1, -0.05) is 18.2 Å². The number of carbonyl (C=O) groups is 1. The van der Waals surface area contributed by atoms with Gasteiger partial charge in [0.1, 0.15) is 11.3 Å². The van der Waals surface area contributed by atoms with Gasteiger partial charge in [-0.2, -0.15) is 0 Å². The zero-order valence-corrected chi connectivity index (χ0v) is 11.8. The maximum atomic E-state index is 11.7. The predicted molar refractivity (Wildman–Crippen MR) is 78.8 cm³/mol. The Kier molecular flexibility index (Phi) is 4.90. The molecule has 0 spiro atoms. The normalized spacial score (nSPS) is 10.8. The van der Waals surface area contributed by atoms with Crippen LogP contribution in [-0.4, -0.2) is 49.6 Å². The number of aromatic nitrogens is 1. The third-order valence-electron chi connectivity index (χ3n) is 2.84. The van der Waals surface area contributed by atoms with Crippen LogP contribution in [0.15, 0.2) is 36.5 Å². The third kappa shape index (κ3) is 3.93. The van der Waals surface area contributed by atoms with Crippen molar-refractivity contribution in [2.24, 2.45) is 0 Å². The molecule has 0 saturated carbocycles. The number of benzene rings is 1. The van der Waals surface area contributed by atoms with Gasteiger partial charge in [0.25, 0.3) is 5.91 Å². The van der Waals surface area contributed by atoms with E-state index in [1.807, 2.05) is 49.3 Å². The first kappa shape index (κ1) is 14.3. The van der Waals surface area contributed by atoms with E-state index in [0.717, 1.165) is 17.4 Å². The summed E-state index contributed by atoms with van der Waals surface area (Å²) in [6.07, 6.45) is 1.71. The molecule has 0 unspecified atom stereocenters. The van der Waals surface area contributed by atoms with Crippen molar-refractivity contribution in [2.75, 3.05) is 33.8 Å². The molecule has 0 bridgehead atoms. The van der Waals surface area contributed by atoms with Crippen molar-refractivity contribution < 1.29 is 9.53 Å². The number of hydrogen-bond donors (Lipinski definition) is 1. The van der Waals surface area contributed by atoms with Crippen LogP contribution in [0.3, 0.4) is 0 Å². The summed E-state index contributed by atoms with van der Waals surface area (Å²) in [5.41, 5.74) is 0.774. The molecule has 0 aliphatic carbocycles. The molecule has 1 aromatic heterocycles. The maximum Gasteiger partial charge on any atom is 0.257 e. The highest BCUT2D eigenvalue weighted by atomic mass is 16.5. The molecule has 1 N–H and O–H groups in total. The highest BCUT2D eigenvalue weighted by Gasteiger charge is 2.06. The van der Waals surface area contributed by atoms with E-state index in [4.69, 9.17) is 4.74 Å². The van der Waals surface area contributed by atoms with Crippen molar-refractivity contribution in [2.45, 2.75) is 0 Å². The zero-order valence-electron chi connectivity index (χ0n) is 11.8. The molecule has 0 aliphatic heterocycles. The molecule has 2 rings (SSSR count). The lowest BCUT2D eigenvalue weighted by Crippen LogP contribution is -2.34. The van der Waals surface area contributed by atoms with Gasteiger partial charge in [-0.25, -0.2) is 0 Å². The maximum absolute atomic E-state index is 11.7. The fourth-order valence-electron chi connectivity index (χ4n) is 1.81. The summed E-state index contributed by atoms with van der Waals surface area (Å²) in [5.74, 6) is 0.505. The summed E-state index contributed by atoms with van der Waals surface area (Å²) < 4.78 is 5.55. The molecule has 1 amide bonds. The van der Waals surface area contributed by atoms with Crippen molar-refractivity contribution in [1.29, 1.82) is 0 Å². The van der Waals surface area contributed by atoms with Gasteiger partial charge in [-0.15, -0.1) is 0 Å². The van der Waals surface area contributed by atoms with Crippen molar-refractivity contribution >= 4 is 16.8 Å². The third-order valence-corrected chi connectivity index (χ3v) is 2.84. The molecule has 106 valence electrons. The Balaban J connectivity index is 1.91. The first-order chi connectivity index (χ1) is 9.66. The molecule has 1 aromatic carbocycles. The van der Waals surface area contributed by atoms with Gasteiger partial charge < -0.3 is 15.0 Å². The summed E-state index contributed by atoms with van der Waals surface area (Å²) >= 11 is 0. The SMILES string of the molecule is CN(C)CCNC(=O)COc1cccc2cccnc12. The highest BCUT2D eigenvalue weighted by molar-refractivity contribution is 5.85. The molecule has 2 aromatic rings. The minimum Gasteiger partial charge on any atom is -0.481 e. The van der Waals surface area contributed by atoms with Gasteiger partial charge in [0.2, 0.25) is 0 Å². The second-order valence-corrected chi connectivity index (χ2v) is 4.77. The van der Waals surface area contributed by atoms with Gasteiger partial charge in [0.15, 0.2) is 6.61 Å². The van der Waals surface area contributed by atoms with Gasteiger partial charge >= 0.3 is 0 Å². The van der Waals surface area contributed by atoms with E-state index in [0.29, 0.717) is 12.3 Å². The van der Waals surface area contributed by atoms with Gasteiger partial charge in [-0.05, 0) is 26.2 Å². The smallest absolute Gasteiger partial charge is 0.257 e. The number of fused-ring (bicyclic) bond motifs is 1. The van der Waals surface area contributed by atoms with Crippen LogP contribution in [0.1, 0.15) is 0 Å². The topological polar surface area (TPSA) is 54.5 Å². The van der Waals surface area contributed by atoms with Gasteiger partial charge in [-0.3, -0.25) is 9.78 Å². The van der Waals surface area contributed by atoms with Crippen LogP contribution in [0.2, 0.25) is 0 Å². The van der Waals surface area contributed by atoms with E-state index in [9.17, 15) is 4.79 Å². The Morgan fingerprint density at radius 2 is 2.10 bits per heavy atom. The summed E-state index contributed by atoms with van der Waals surface area (Å²) in [5, 5.41) is 3.80. The Labute approximate surface area is 118 Å². The molecule has 0 aliphatic rings. The molecule has 0 atom stereocenters. The minimum atomic E-state index is -0.125. The molecule has 5 heteroatoms. The summed E-state index contributed by atoms with van der Waals surface area (Å²) in [6, 6.07) is 9.52. The van der Waals surface area contributed by atoms with Crippen molar-refractivity contribution in [3.8, 4) is 5.75 Å². The van der Waals surface area contributed by atoms with E-state index < -0.39 is 0 Å². The number of likely N-dealkylation sites (N-methyl/N-ethyl adjacent to an activating group) is 1. The Morgan fingerprint density at radius 3 is 2.90 bits per heavy atom. The van der Waals surface area contributed by atoms with Crippen LogP contribution in [0.4, 0.5) is 0 Å². The quantitative estimate of drug-likeness (QED) is 0.861. The molecule has 0 fully saturated rings. The number of amides is 1. The number of nitrogens with one attached hydrogen (secondary N) is 1. The molecular weight excluding hydrogens is 254 g/mol. The van der Waals surface area contributed by atoms with E-state index in [1.54, 1.807) is 6.20 Å². The fraction of sp³-hybridized carbons (Fsp3) is 0.333. The van der Waals surface area contributed by atoms with Crippen molar-refractivity contribution in [3.05, 3.63) is 36.5 Å². The molecule has 0 saturated heterocycles. The predicted octanol–water partition coefficient (Wildman–Crippen LogP) is 1.29. The number of rotatable bonds is 6. The average molecular weight is 273 g/mol. The highest BCUT2D eigenvalue weighted by Crippen LogP contribution is 2.22. The van der Waals surface area contributed by atoms with Crippen LogP contribution < -0.4 is 10.1 Å². The van der Waals surface area contributed by atoms with Crippen LogP contribution in [0, 0.1) is 0 Å². The van der Waals surface area contributed by atoms with Crippen LogP contribution >= 0.6 is 0 Å². The van der Waals surface area contributed by atoms with E-state index in [1.165, 1.54) is 0 Å². The monoisotopic (exact) mass is 273 g/mol. The second-order valence-electron chi connectivity index (χ2n) is 4.77. The van der Waals surface area contributed by atoms with Crippen molar-refractivity contribution in [1.82, 2.24) is 15.2 Å². The lowest BCUT2D eigenvalue weighted by molar-refractivity contribution is -0.123. The second kappa shape index (κ2) is 6.86. The standard InChI is InChI=1S/C15H19N3O2/c1-18(2)10-9-16-14(19)11-20-13-7-3-5-12-6-4-8-17-15(12)13/h3-8H,9-11H2,1-2H3,(H,16,19). The first-order valence-corrected chi connectivity index (χ1v) is 6.55. The lowest BCUT2D eigenvalue weighted by Gasteiger charge is -2.11. The number of nitrogens with zero attached hydrogens (tertiary/aromatic N) is 2. The molecule has 20 heavy (non-hydrogen) atoms. The van der Waals surface area contributed by atoms with Crippen LogP contribution in [0.25, 0.3) is 10.9 Å². The number of ether oxygens (including phenoxy) is 1. The molecule has 1 heterocycles. The van der Waals surface area contributed by atoms with Gasteiger partial charge in [0, 0.05) is 24.7 Å². The average Bonchev–Trinajstić information content (AvgIpc) is 2.44. The Hall–Kier alpha value is -2.14. The van der Waals surface area contributed by atoms with Crippen LogP contribution in [0.5, 0.6) is 5.75 Å². The van der Waals surface area contributed by atoms with Gasteiger partial charge in [0.05, 0.1) is 0 Å². The summed E-state index contributed by atoms with van der Waals surface area (Å²) in [4.78, 5) is 17.9. The minimum absolute atomic E-state index is 0.00309. The van der Waals surface area contributed by atoms with Crippen LogP contribution in [-0.2, 0) is 4.79 Å². The Morgan fingerprint density at radius 1 is 1.30 bits per heavy atom. The number of para-hydroxylation sites is 1. The lowest BCUT2D eigenvalue weighted by atomic mass is 10.2. The van der Waals surface area contributed by atoms with E-state index in [-0.39, 0.29) is 12.5 Å². The van der Waals surface area contributed by atoms with E-state index >= 15 is 0 Å². The van der Waals surface area contributed by atoms with Crippen molar-refractivity contribution in [3.63, 3.8) is 0 Å². The largest absolute Gasteiger partial charge is 0.481 e. The van der Waals surface area contributed by atoms with E-state index in [2.05, 4.69) is 10.3 Å².